The van der Waals surface area contributed by atoms with Crippen molar-refractivity contribution in [2.24, 2.45) is 0 Å². The van der Waals surface area contributed by atoms with Gasteiger partial charge in [-0.25, -0.2) is 8.42 Å². The van der Waals surface area contributed by atoms with Crippen molar-refractivity contribution >= 4 is 9.84 Å². The summed E-state index contributed by atoms with van der Waals surface area (Å²) in [6, 6.07) is 0. The second-order valence-corrected chi connectivity index (χ2v) is 5.36. The summed E-state index contributed by atoms with van der Waals surface area (Å²) >= 11 is 0. The summed E-state index contributed by atoms with van der Waals surface area (Å²) in [4.78, 5) is 0. The van der Waals surface area contributed by atoms with Crippen molar-refractivity contribution < 1.29 is 13.5 Å². The van der Waals surface area contributed by atoms with E-state index in [9.17, 15) is 13.5 Å². The standard InChI is InChI=1S/C7H14O3S/c1-2-6(8)7-4-3-5-11(7,9)10/h6-8H,2-5H2,1H3. The minimum atomic E-state index is -2.95. The summed E-state index contributed by atoms with van der Waals surface area (Å²) in [5.74, 6) is 0.259. The molecule has 0 aromatic heterocycles. The number of sulfone groups is 1. The van der Waals surface area contributed by atoms with Crippen molar-refractivity contribution in [3.63, 3.8) is 0 Å². The van der Waals surface area contributed by atoms with Gasteiger partial charge in [-0.2, -0.15) is 0 Å². The second kappa shape index (κ2) is 3.11. The maximum Gasteiger partial charge on any atom is 0.155 e. The lowest BCUT2D eigenvalue weighted by atomic mass is 10.1. The molecule has 1 fully saturated rings. The first kappa shape index (κ1) is 9.00. The molecule has 2 unspecified atom stereocenters. The molecule has 1 aliphatic rings. The molecule has 0 aromatic carbocycles. The van der Waals surface area contributed by atoms with Gasteiger partial charge in [-0.3, -0.25) is 0 Å². The van der Waals surface area contributed by atoms with Crippen LogP contribution in [-0.2, 0) is 9.84 Å². The number of aliphatic hydroxyl groups excluding tert-OH is 1. The van der Waals surface area contributed by atoms with Crippen molar-refractivity contribution in [3.8, 4) is 0 Å². The van der Waals surface area contributed by atoms with Gasteiger partial charge >= 0.3 is 0 Å². The number of hydrogen-bond donors (Lipinski definition) is 1. The normalized spacial score (nSPS) is 32.0. The number of rotatable bonds is 2. The zero-order valence-electron chi connectivity index (χ0n) is 6.66. The third-order valence-electron chi connectivity index (χ3n) is 2.23. The first-order valence-corrected chi connectivity index (χ1v) is 5.69. The highest BCUT2D eigenvalue weighted by molar-refractivity contribution is 7.92. The summed E-state index contributed by atoms with van der Waals surface area (Å²) < 4.78 is 22.4. The van der Waals surface area contributed by atoms with E-state index in [1.54, 1.807) is 6.92 Å². The zero-order valence-corrected chi connectivity index (χ0v) is 7.47. The Kier molecular flexibility index (Phi) is 2.54. The minimum Gasteiger partial charge on any atom is -0.392 e. The molecule has 0 radical (unpaired) electrons. The number of hydrogen-bond acceptors (Lipinski definition) is 3. The predicted octanol–water partition coefficient (Wildman–Crippen LogP) is 0.335. The molecule has 4 heteroatoms. The van der Waals surface area contributed by atoms with Crippen LogP contribution in [0, 0.1) is 0 Å². The summed E-state index contributed by atoms with van der Waals surface area (Å²) in [5, 5.41) is 8.83. The third-order valence-corrected chi connectivity index (χ3v) is 4.56. The topological polar surface area (TPSA) is 54.4 Å². The molecule has 11 heavy (non-hydrogen) atoms. The Bertz CT molecular complexity index is 220. The van der Waals surface area contributed by atoms with Crippen LogP contribution in [-0.4, -0.2) is 30.6 Å². The smallest absolute Gasteiger partial charge is 0.155 e. The van der Waals surface area contributed by atoms with E-state index in [4.69, 9.17) is 0 Å². The van der Waals surface area contributed by atoms with E-state index in [1.807, 2.05) is 0 Å². The van der Waals surface area contributed by atoms with Gasteiger partial charge in [-0.15, -0.1) is 0 Å². The molecule has 66 valence electrons. The van der Waals surface area contributed by atoms with Crippen molar-refractivity contribution in [1.29, 1.82) is 0 Å². The maximum absolute atomic E-state index is 11.2. The largest absolute Gasteiger partial charge is 0.392 e. The van der Waals surface area contributed by atoms with Crippen LogP contribution in [0.3, 0.4) is 0 Å². The molecular formula is C7H14O3S. The predicted molar refractivity (Wildman–Crippen MR) is 43.1 cm³/mol. The summed E-state index contributed by atoms with van der Waals surface area (Å²) in [7, 11) is -2.95. The quantitative estimate of drug-likeness (QED) is 0.663. The molecule has 0 amide bonds. The second-order valence-electron chi connectivity index (χ2n) is 3.02. The monoisotopic (exact) mass is 178 g/mol. The average molecular weight is 178 g/mol. The Labute approximate surface area is 67.3 Å². The molecule has 0 spiro atoms. The fourth-order valence-corrected chi connectivity index (χ4v) is 3.58. The Hall–Kier alpha value is -0.0900. The first-order valence-electron chi connectivity index (χ1n) is 3.97. The van der Waals surface area contributed by atoms with E-state index in [2.05, 4.69) is 0 Å². The van der Waals surface area contributed by atoms with Crippen molar-refractivity contribution in [2.75, 3.05) is 5.75 Å². The fourth-order valence-electron chi connectivity index (χ4n) is 1.51. The molecule has 1 N–H and O–H groups in total. The van der Waals surface area contributed by atoms with E-state index in [1.165, 1.54) is 0 Å². The lowest BCUT2D eigenvalue weighted by Gasteiger charge is -2.14. The van der Waals surface area contributed by atoms with Gasteiger partial charge in [0.2, 0.25) is 0 Å². The summed E-state index contributed by atoms with van der Waals surface area (Å²) in [5.41, 5.74) is 0. The van der Waals surface area contributed by atoms with Crippen molar-refractivity contribution in [1.82, 2.24) is 0 Å². The van der Waals surface area contributed by atoms with E-state index < -0.39 is 21.2 Å². The Balaban J connectivity index is 2.73. The highest BCUT2D eigenvalue weighted by atomic mass is 32.2. The van der Waals surface area contributed by atoms with Crippen LogP contribution in [0.25, 0.3) is 0 Å². The molecule has 1 rings (SSSR count). The highest BCUT2D eigenvalue weighted by Crippen LogP contribution is 2.23. The van der Waals surface area contributed by atoms with E-state index in [0.29, 0.717) is 19.3 Å². The molecule has 0 aliphatic carbocycles. The molecule has 3 nitrogen and oxygen atoms in total. The molecule has 0 aromatic rings. The van der Waals surface area contributed by atoms with Gasteiger partial charge in [0.1, 0.15) is 0 Å². The minimum absolute atomic E-state index is 0.259. The van der Waals surface area contributed by atoms with Crippen LogP contribution in [0.4, 0.5) is 0 Å². The Morgan fingerprint density at radius 2 is 2.27 bits per heavy atom. The first-order chi connectivity index (χ1) is 5.08. The number of aliphatic hydroxyl groups is 1. The molecule has 1 aliphatic heterocycles. The van der Waals surface area contributed by atoms with Crippen LogP contribution in [0.2, 0.25) is 0 Å². The highest BCUT2D eigenvalue weighted by Gasteiger charge is 2.35. The molecule has 0 bridgehead atoms. The zero-order chi connectivity index (χ0) is 8.48. The maximum atomic E-state index is 11.2. The van der Waals surface area contributed by atoms with Crippen LogP contribution < -0.4 is 0 Å². The average Bonchev–Trinajstić information content (AvgIpc) is 2.28. The van der Waals surface area contributed by atoms with Crippen LogP contribution in [0.15, 0.2) is 0 Å². The van der Waals surface area contributed by atoms with Crippen molar-refractivity contribution in [3.05, 3.63) is 0 Å². The van der Waals surface area contributed by atoms with Crippen LogP contribution in [0.5, 0.6) is 0 Å². The molecular weight excluding hydrogens is 164 g/mol. The summed E-state index contributed by atoms with van der Waals surface area (Å²) in [6.45, 7) is 1.80. The van der Waals surface area contributed by atoms with Gasteiger partial charge in [0.25, 0.3) is 0 Å². The molecule has 0 saturated carbocycles. The lowest BCUT2D eigenvalue weighted by Crippen LogP contribution is -2.29. The van der Waals surface area contributed by atoms with Gasteiger partial charge in [-0.05, 0) is 19.3 Å². The Morgan fingerprint density at radius 1 is 1.64 bits per heavy atom. The fraction of sp³-hybridized carbons (Fsp3) is 1.00. The van der Waals surface area contributed by atoms with Gasteiger partial charge in [-0.1, -0.05) is 6.92 Å². The SMILES string of the molecule is CCC(O)C1CCCS1(=O)=O. The van der Waals surface area contributed by atoms with E-state index in [0.717, 1.165) is 0 Å². The Morgan fingerprint density at radius 3 is 2.64 bits per heavy atom. The molecule has 1 saturated heterocycles. The van der Waals surface area contributed by atoms with Gasteiger partial charge in [0.05, 0.1) is 17.1 Å². The lowest BCUT2D eigenvalue weighted by molar-refractivity contribution is 0.163. The van der Waals surface area contributed by atoms with E-state index in [-0.39, 0.29) is 5.75 Å². The molecule has 1 heterocycles. The van der Waals surface area contributed by atoms with E-state index >= 15 is 0 Å². The van der Waals surface area contributed by atoms with Crippen molar-refractivity contribution in [2.45, 2.75) is 37.5 Å². The molecule has 2 atom stereocenters. The van der Waals surface area contributed by atoms with Crippen LogP contribution >= 0.6 is 0 Å². The van der Waals surface area contributed by atoms with Gasteiger partial charge in [0, 0.05) is 0 Å². The van der Waals surface area contributed by atoms with Gasteiger partial charge in [0.15, 0.2) is 9.84 Å². The van der Waals surface area contributed by atoms with Gasteiger partial charge < -0.3 is 5.11 Å². The third kappa shape index (κ3) is 1.73. The van der Waals surface area contributed by atoms with Crippen LogP contribution in [0.1, 0.15) is 26.2 Å². The summed E-state index contributed by atoms with van der Waals surface area (Å²) in [6.07, 6.45) is 1.23.